The molecule has 2 heterocycles. The lowest BCUT2D eigenvalue weighted by molar-refractivity contribution is -0.158. The lowest BCUT2D eigenvalue weighted by Crippen LogP contribution is -2.40. The van der Waals surface area contributed by atoms with Crippen LogP contribution >= 0.6 is 0 Å². The van der Waals surface area contributed by atoms with Crippen LogP contribution in [0.5, 0.6) is 5.75 Å². The fraction of sp³-hybridized carbons (Fsp3) is 0.387. The number of benzene rings is 2. The van der Waals surface area contributed by atoms with Crippen molar-refractivity contribution >= 4 is 5.97 Å². The summed E-state index contributed by atoms with van der Waals surface area (Å²) < 4.78 is 23.0. The molecule has 39 heavy (non-hydrogen) atoms. The number of nitrogens with zero attached hydrogens (tertiary/aromatic N) is 3. The van der Waals surface area contributed by atoms with Gasteiger partial charge in [-0.2, -0.15) is 0 Å². The van der Waals surface area contributed by atoms with Gasteiger partial charge in [-0.1, -0.05) is 37.3 Å². The first-order chi connectivity index (χ1) is 18.7. The molecule has 4 aromatic rings. The predicted octanol–water partition coefficient (Wildman–Crippen LogP) is 6.43. The zero-order valence-corrected chi connectivity index (χ0v) is 23.6. The average Bonchev–Trinajstić information content (AvgIpc) is 3.55. The highest BCUT2D eigenvalue weighted by Crippen LogP contribution is 2.31. The van der Waals surface area contributed by atoms with Crippen LogP contribution in [0, 0.1) is 13.8 Å². The lowest BCUT2D eigenvalue weighted by Gasteiger charge is -2.27. The van der Waals surface area contributed by atoms with Crippen molar-refractivity contribution in [3.05, 3.63) is 89.0 Å². The molecule has 0 amide bonds. The first-order valence-electron chi connectivity index (χ1n) is 13.3. The minimum absolute atomic E-state index is 0.308. The van der Waals surface area contributed by atoms with Crippen molar-refractivity contribution in [3.63, 3.8) is 0 Å². The second-order valence-electron chi connectivity index (χ2n) is 10.0. The third-order valence-electron chi connectivity index (χ3n) is 6.45. The maximum absolute atomic E-state index is 12.5. The normalized spacial score (nSPS) is 11.7. The number of aromatic nitrogens is 2. The van der Waals surface area contributed by atoms with Gasteiger partial charge in [0.1, 0.15) is 17.8 Å². The molecule has 0 aliphatic heterocycles. The number of oxazole rings is 2. The van der Waals surface area contributed by atoms with E-state index in [-0.39, 0.29) is 5.97 Å². The van der Waals surface area contributed by atoms with E-state index in [0.29, 0.717) is 38.0 Å². The van der Waals surface area contributed by atoms with E-state index in [0.717, 1.165) is 45.9 Å². The Morgan fingerprint density at radius 1 is 1.05 bits per heavy atom. The first-order valence-corrected chi connectivity index (χ1v) is 13.3. The molecule has 0 atom stereocenters. The van der Waals surface area contributed by atoms with E-state index in [9.17, 15) is 4.79 Å². The van der Waals surface area contributed by atoms with E-state index in [1.807, 2.05) is 44.2 Å². The molecule has 8 heteroatoms. The van der Waals surface area contributed by atoms with Gasteiger partial charge in [-0.05, 0) is 69.9 Å². The number of carbonyl (C=O) groups excluding carboxylic acids is 1. The van der Waals surface area contributed by atoms with Crippen molar-refractivity contribution in [3.8, 4) is 17.2 Å². The Morgan fingerprint density at radius 2 is 1.82 bits per heavy atom. The molecule has 4 rings (SSSR count). The molecular weight excluding hydrogens is 494 g/mol. The Bertz CT molecular complexity index is 1380. The minimum Gasteiger partial charge on any atom is -0.476 e. The number of hydrogen-bond donors (Lipinski definition) is 0. The molecule has 0 saturated heterocycles. The number of rotatable bonds is 12. The molecule has 0 fully saturated rings. The van der Waals surface area contributed by atoms with Crippen molar-refractivity contribution in [1.82, 2.24) is 14.9 Å². The fourth-order valence-corrected chi connectivity index (χ4v) is 4.47. The van der Waals surface area contributed by atoms with Gasteiger partial charge in [0.25, 0.3) is 0 Å². The van der Waals surface area contributed by atoms with Crippen LogP contribution in [0.25, 0.3) is 11.5 Å². The Hall–Kier alpha value is -3.91. The van der Waals surface area contributed by atoms with Crippen LogP contribution in [-0.2, 0) is 35.6 Å². The highest BCUT2D eigenvalue weighted by Gasteiger charge is 2.33. The summed E-state index contributed by atoms with van der Waals surface area (Å²) >= 11 is 0. The summed E-state index contributed by atoms with van der Waals surface area (Å²) in [6.45, 7) is 13.3. The molecule has 8 nitrogen and oxygen atoms in total. The molecule has 2 aromatic heterocycles. The third-order valence-corrected chi connectivity index (χ3v) is 6.45. The van der Waals surface area contributed by atoms with Crippen LogP contribution in [0.4, 0.5) is 0 Å². The number of carbonyl (C=O) groups is 1. The summed E-state index contributed by atoms with van der Waals surface area (Å²) in [5, 5.41) is 0. The quantitative estimate of drug-likeness (QED) is 0.193. The van der Waals surface area contributed by atoms with Gasteiger partial charge in [-0.15, -0.1) is 0 Å². The molecule has 0 N–H and O–H groups in total. The van der Waals surface area contributed by atoms with Gasteiger partial charge in [0, 0.05) is 18.7 Å². The zero-order chi connectivity index (χ0) is 28.0. The van der Waals surface area contributed by atoms with Crippen LogP contribution in [0.3, 0.4) is 0 Å². The molecule has 206 valence electrons. The van der Waals surface area contributed by atoms with Gasteiger partial charge in [0.2, 0.25) is 11.8 Å². The molecule has 0 aliphatic carbocycles. The van der Waals surface area contributed by atoms with Gasteiger partial charge >= 0.3 is 5.97 Å². The summed E-state index contributed by atoms with van der Waals surface area (Å²) in [5.41, 5.74) is 3.81. The highest BCUT2D eigenvalue weighted by atomic mass is 16.6. The van der Waals surface area contributed by atoms with Crippen LogP contribution in [0.2, 0.25) is 0 Å². The van der Waals surface area contributed by atoms with Gasteiger partial charge in [-0.25, -0.2) is 14.8 Å². The topological polar surface area (TPSA) is 90.8 Å². The van der Waals surface area contributed by atoms with Gasteiger partial charge in [0.15, 0.2) is 5.60 Å². The van der Waals surface area contributed by atoms with Crippen LogP contribution in [0.15, 0.2) is 63.8 Å². The first kappa shape index (κ1) is 28.1. The Kier molecular flexibility index (Phi) is 8.86. The van der Waals surface area contributed by atoms with Crippen molar-refractivity contribution in [2.24, 2.45) is 0 Å². The van der Waals surface area contributed by atoms with Crippen molar-refractivity contribution in [1.29, 1.82) is 0 Å². The maximum Gasteiger partial charge on any atom is 0.349 e. The van der Waals surface area contributed by atoms with E-state index < -0.39 is 5.60 Å². The van der Waals surface area contributed by atoms with Crippen molar-refractivity contribution in [2.45, 2.75) is 73.2 Å². The number of ether oxygens (including phenoxy) is 2. The van der Waals surface area contributed by atoms with Crippen molar-refractivity contribution in [2.75, 3.05) is 6.61 Å². The largest absolute Gasteiger partial charge is 0.476 e. The summed E-state index contributed by atoms with van der Waals surface area (Å²) in [6.07, 6.45) is 3.99. The molecular formula is C31H37N3O5. The van der Waals surface area contributed by atoms with Gasteiger partial charge in [-0.3, -0.25) is 4.90 Å². The molecule has 2 aromatic carbocycles. The van der Waals surface area contributed by atoms with Gasteiger partial charge < -0.3 is 18.3 Å². The lowest BCUT2D eigenvalue weighted by atomic mass is 10.0. The molecule has 0 aliphatic rings. The van der Waals surface area contributed by atoms with E-state index >= 15 is 0 Å². The molecule has 0 spiro atoms. The summed E-state index contributed by atoms with van der Waals surface area (Å²) in [5.74, 6) is 2.35. The second-order valence-corrected chi connectivity index (χ2v) is 10.0. The molecule has 0 bridgehead atoms. The predicted molar refractivity (Wildman–Crippen MR) is 148 cm³/mol. The molecule has 0 radical (unpaired) electrons. The second kappa shape index (κ2) is 12.3. The van der Waals surface area contributed by atoms with Crippen LogP contribution < -0.4 is 4.74 Å². The average molecular weight is 532 g/mol. The number of esters is 1. The minimum atomic E-state index is -1.09. The Labute approximate surface area is 230 Å². The van der Waals surface area contributed by atoms with Gasteiger partial charge in [0.05, 0.1) is 25.0 Å². The monoisotopic (exact) mass is 531 g/mol. The highest BCUT2D eigenvalue weighted by molar-refractivity contribution is 5.79. The maximum atomic E-state index is 12.5. The summed E-state index contributed by atoms with van der Waals surface area (Å²) in [4.78, 5) is 23.8. The summed E-state index contributed by atoms with van der Waals surface area (Å²) in [6, 6.07) is 14.1. The van der Waals surface area contributed by atoms with Crippen LogP contribution in [-0.4, -0.2) is 33.0 Å². The van der Waals surface area contributed by atoms with E-state index in [1.165, 1.54) is 0 Å². The molecule has 0 saturated carbocycles. The summed E-state index contributed by atoms with van der Waals surface area (Å²) in [7, 11) is 0. The van der Waals surface area contributed by atoms with E-state index in [2.05, 4.69) is 28.9 Å². The zero-order valence-electron chi connectivity index (χ0n) is 23.6. The number of aryl methyl sites for hydroxylation is 3. The fourth-order valence-electron chi connectivity index (χ4n) is 4.47. The third kappa shape index (κ3) is 6.95. The van der Waals surface area contributed by atoms with E-state index in [1.54, 1.807) is 33.2 Å². The smallest absolute Gasteiger partial charge is 0.349 e. The Balaban J connectivity index is 1.59. The SMILES string of the molecule is CCOC(=O)C(C)(C)Oc1c(C)cc(CN(Cc2ncco2)Cc2nc(-c3ccccc3)oc2C)cc1CC. The van der Waals surface area contributed by atoms with Crippen molar-refractivity contribution < 1.29 is 23.1 Å². The van der Waals surface area contributed by atoms with Crippen LogP contribution in [0.1, 0.15) is 61.7 Å². The Morgan fingerprint density at radius 3 is 2.49 bits per heavy atom. The van der Waals surface area contributed by atoms with E-state index in [4.69, 9.17) is 23.3 Å². The number of hydrogen-bond acceptors (Lipinski definition) is 8. The standard InChI is InChI=1S/C31H37N3O5/c1-7-24-17-23(16-21(3)28(24)39-31(5,6)30(35)36-8-2)18-34(20-27-32-14-15-37-27)19-26-22(4)38-29(33-26)25-12-10-9-11-13-25/h9-17H,7-8,18-20H2,1-6H3. The molecule has 0 unspecified atom stereocenters.